The zero-order valence-corrected chi connectivity index (χ0v) is 16.7. The van der Waals surface area contributed by atoms with E-state index < -0.39 is 0 Å². The molecule has 136 valence electrons. The maximum absolute atomic E-state index is 12.8. The Morgan fingerprint density at radius 3 is 2.40 bits per heavy atom. The Morgan fingerprint density at radius 1 is 1.20 bits per heavy atom. The van der Waals surface area contributed by atoms with E-state index in [4.69, 9.17) is 17.4 Å². The molecule has 0 saturated carbocycles. The van der Waals surface area contributed by atoms with Gasteiger partial charge in [0.1, 0.15) is 0 Å². The van der Waals surface area contributed by atoms with Gasteiger partial charge in [0.05, 0.1) is 5.25 Å². The van der Waals surface area contributed by atoms with E-state index in [-0.39, 0.29) is 23.2 Å². The van der Waals surface area contributed by atoms with Crippen LogP contribution in [0.3, 0.4) is 0 Å². The van der Waals surface area contributed by atoms with Crippen LogP contribution in [0.1, 0.15) is 34.6 Å². The van der Waals surface area contributed by atoms with Crippen molar-refractivity contribution in [3.63, 3.8) is 0 Å². The SMILES string of the molecule is CC(C)N(C(=O)[C@H](C)Sc1nnc(-c2cccc(Cl)c2)n1N)C(C)C. The number of rotatable bonds is 6. The number of halogens is 1. The van der Waals surface area contributed by atoms with Crippen molar-refractivity contribution in [2.24, 2.45) is 0 Å². The second-order valence-electron chi connectivity index (χ2n) is 6.38. The zero-order chi connectivity index (χ0) is 18.7. The summed E-state index contributed by atoms with van der Waals surface area (Å²) in [5, 5.41) is 9.04. The topological polar surface area (TPSA) is 77.0 Å². The standard InChI is InChI=1S/C17H24ClN5OS/c1-10(2)22(11(3)4)16(24)12(5)25-17-21-20-15(23(17)19)13-7-6-8-14(18)9-13/h6-12H,19H2,1-5H3/t12-/m0/s1. The first kappa shape index (κ1) is 19.6. The molecule has 2 aromatic rings. The Morgan fingerprint density at radius 2 is 1.84 bits per heavy atom. The summed E-state index contributed by atoms with van der Waals surface area (Å²) in [5.41, 5.74) is 0.777. The molecule has 6 nitrogen and oxygen atoms in total. The fraction of sp³-hybridized carbons (Fsp3) is 0.471. The number of hydrogen-bond acceptors (Lipinski definition) is 5. The highest BCUT2D eigenvalue weighted by Gasteiger charge is 2.27. The molecule has 0 radical (unpaired) electrons. The Bertz CT molecular complexity index is 738. The van der Waals surface area contributed by atoms with Gasteiger partial charge in [0.2, 0.25) is 11.1 Å². The number of carbonyl (C=O) groups excluding carboxylic acids is 1. The molecule has 0 aliphatic heterocycles. The number of amides is 1. The van der Waals surface area contributed by atoms with E-state index in [1.165, 1.54) is 16.4 Å². The molecule has 2 rings (SSSR count). The molecule has 0 fully saturated rings. The van der Waals surface area contributed by atoms with Crippen LogP contribution in [0.25, 0.3) is 11.4 Å². The van der Waals surface area contributed by atoms with Gasteiger partial charge in [0.15, 0.2) is 5.82 Å². The summed E-state index contributed by atoms with van der Waals surface area (Å²) in [5.74, 6) is 6.70. The van der Waals surface area contributed by atoms with Crippen LogP contribution >= 0.6 is 23.4 Å². The molecule has 1 aromatic carbocycles. The van der Waals surface area contributed by atoms with E-state index in [1.807, 2.05) is 51.7 Å². The lowest BCUT2D eigenvalue weighted by Crippen LogP contribution is -2.45. The van der Waals surface area contributed by atoms with Crippen molar-refractivity contribution in [3.05, 3.63) is 29.3 Å². The molecule has 0 bridgehead atoms. The molecule has 8 heteroatoms. The molecule has 0 aliphatic carbocycles. The predicted molar refractivity (Wildman–Crippen MR) is 103 cm³/mol. The van der Waals surface area contributed by atoms with Crippen LogP contribution in [0.4, 0.5) is 0 Å². The molecule has 0 aliphatic rings. The van der Waals surface area contributed by atoms with E-state index in [1.54, 1.807) is 12.1 Å². The molecule has 1 heterocycles. The minimum absolute atomic E-state index is 0.0577. The average Bonchev–Trinajstić information content (AvgIpc) is 2.87. The third-order valence-electron chi connectivity index (χ3n) is 3.74. The molecule has 1 aromatic heterocycles. The van der Waals surface area contributed by atoms with E-state index in [0.29, 0.717) is 16.0 Å². The van der Waals surface area contributed by atoms with E-state index in [2.05, 4.69) is 10.2 Å². The number of nitrogens with two attached hydrogens (primary N) is 1. The van der Waals surface area contributed by atoms with Gasteiger partial charge in [0, 0.05) is 22.7 Å². The van der Waals surface area contributed by atoms with Gasteiger partial charge in [-0.25, -0.2) is 4.68 Å². The summed E-state index contributed by atoms with van der Waals surface area (Å²) in [6, 6.07) is 7.51. The molecule has 1 amide bonds. The van der Waals surface area contributed by atoms with Gasteiger partial charge in [-0.05, 0) is 46.8 Å². The van der Waals surface area contributed by atoms with Gasteiger partial charge in [-0.15, -0.1) is 10.2 Å². The lowest BCUT2D eigenvalue weighted by atomic mass is 10.2. The van der Waals surface area contributed by atoms with Gasteiger partial charge in [0.25, 0.3) is 0 Å². The predicted octanol–water partition coefficient (Wildman–Crippen LogP) is 3.44. The lowest BCUT2D eigenvalue weighted by Gasteiger charge is -2.32. The third kappa shape index (κ3) is 4.46. The summed E-state index contributed by atoms with van der Waals surface area (Å²) in [7, 11) is 0. The normalized spacial score (nSPS) is 12.6. The smallest absolute Gasteiger partial charge is 0.236 e. The highest BCUT2D eigenvalue weighted by Crippen LogP contribution is 2.27. The van der Waals surface area contributed by atoms with Crippen molar-refractivity contribution in [1.82, 2.24) is 19.8 Å². The molecular weight excluding hydrogens is 358 g/mol. The second-order valence-corrected chi connectivity index (χ2v) is 8.12. The second kappa shape index (κ2) is 8.10. The Labute approximate surface area is 157 Å². The highest BCUT2D eigenvalue weighted by molar-refractivity contribution is 8.00. The number of hydrogen-bond donors (Lipinski definition) is 1. The fourth-order valence-electron chi connectivity index (χ4n) is 2.71. The molecule has 25 heavy (non-hydrogen) atoms. The summed E-state index contributed by atoms with van der Waals surface area (Å²) < 4.78 is 1.40. The van der Waals surface area contributed by atoms with Gasteiger partial charge in [-0.2, -0.15) is 0 Å². The van der Waals surface area contributed by atoms with Crippen molar-refractivity contribution in [1.29, 1.82) is 0 Å². The average molecular weight is 382 g/mol. The zero-order valence-electron chi connectivity index (χ0n) is 15.1. The summed E-state index contributed by atoms with van der Waals surface area (Å²) in [4.78, 5) is 14.6. The monoisotopic (exact) mass is 381 g/mol. The molecular formula is C17H24ClN5OS. The first-order chi connectivity index (χ1) is 11.7. The van der Waals surface area contributed by atoms with Gasteiger partial charge in [-0.1, -0.05) is 35.5 Å². The van der Waals surface area contributed by atoms with E-state index in [0.717, 1.165) is 5.56 Å². The quantitative estimate of drug-likeness (QED) is 0.612. The summed E-state index contributed by atoms with van der Waals surface area (Å²) >= 11 is 7.32. The van der Waals surface area contributed by atoms with E-state index in [9.17, 15) is 4.79 Å². The van der Waals surface area contributed by atoms with Crippen molar-refractivity contribution < 1.29 is 4.79 Å². The number of thioether (sulfide) groups is 1. The molecule has 2 N–H and O–H groups in total. The summed E-state index contributed by atoms with van der Waals surface area (Å²) in [6.45, 7) is 9.91. The fourth-order valence-corrected chi connectivity index (χ4v) is 3.72. The third-order valence-corrected chi connectivity index (χ3v) is 5.02. The first-order valence-electron chi connectivity index (χ1n) is 8.17. The van der Waals surface area contributed by atoms with Crippen LogP contribution in [0.2, 0.25) is 5.02 Å². The van der Waals surface area contributed by atoms with Crippen LogP contribution in [0.5, 0.6) is 0 Å². The largest absolute Gasteiger partial charge is 0.337 e. The number of carbonyl (C=O) groups is 1. The van der Waals surface area contributed by atoms with Gasteiger partial charge >= 0.3 is 0 Å². The molecule has 1 atom stereocenters. The van der Waals surface area contributed by atoms with Crippen LogP contribution in [-0.2, 0) is 4.79 Å². The molecule has 0 unspecified atom stereocenters. The first-order valence-corrected chi connectivity index (χ1v) is 9.43. The van der Waals surface area contributed by atoms with Crippen LogP contribution in [0.15, 0.2) is 29.4 Å². The van der Waals surface area contributed by atoms with Crippen molar-refractivity contribution >= 4 is 29.3 Å². The number of nitrogens with zero attached hydrogens (tertiary/aromatic N) is 4. The number of aromatic nitrogens is 3. The minimum atomic E-state index is -0.316. The van der Waals surface area contributed by atoms with Crippen molar-refractivity contribution in [2.75, 3.05) is 5.84 Å². The Kier molecular flexibility index (Phi) is 6.35. The van der Waals surface area contributed by atoms with Crippen LogP contribution in [0, 0.1) is 0 Å². The molecule has 0 spiro atoms. The summed E-state index contributed by atoms with van der Waals surface area (Å²) in [6.07, 6.45) is 0. The highest BCUT2D eigenvalue weighted by atomic mass is 35.5. The maximum atomic E-state index is 12.8. The van der Waals surface area contributed by atoms with Crippen LogP contribution < -0.4 is 5.84 Å². The minimum Gasteiger partial charge on any atom is -0.337 e. The molecule has 0 saturated heterocycles. The van der Waals surface area contributed by atoms with Gasteiger partial charge < -0.3 is 10.7 Å². The number of benzene rings is 1. The Balaban J connectivity index is 2.20. The van der Waals surface area contributed by atoms with Crippen molar-refractivity contribution in [3.8, 4) is 11.4 Å². The maximum Gasteiger partial charge on any atom is 0.236 e. The lowest BCUT2D eigenvalue weighted by molar-refractivity contribution is -0.133. The Hall–Kier alpha value is -1.73. The van der Waals surface area contributed by atoms with Gasteiger partial charge in [-0.3, -0.25) is 4.79 Å². The van der Waals surface area contributed by atoms with Crippen molar-refractivity contribution in [2.45, 2.75) is 57.1 Å². The number of nitrogen functional groups attached to an aromatic ring is 1. The van der Waals surface area contributed by atoms with E-state index >= 15 is 0 Å². The van der Waals surface area contributed by atoms with Crippen LogP contribution in [-0.4, -0.2) is 43.0 Å².